The molecule has 134 valence electrons. The van der Waals surface area contributed by atoms with E-state index in [4.69, 9.17) is 21.1 Å². The lowest BCUT2D eigenvalue weighted by Crippen LogP contribution is -2.12. The van der Waals surface area contributed by atoms with E-state index in [1.54, 1.807) is 42.4 Å². The maximum atomic E-state index is 12.5. The Kier molecular flexibility index (Phi) is 5.43. The van der Waals surface area contributed by atoms with Gasteiger partial charge in [-0.05, 0) is 35.9 Å². The SMILES string of the molecule is COc1cccc(Cn2cc(NC(=O)c3cc(Cl)ccc3OC)cn2)c1. The van der Waals surface area contributed by atoms with Gasteiger partial charge in [-0.25, -0.2) is 0 Å². The standard InChI is InChI=1S/C19H18ClN3O3/c1-25-16-5-3-4-13(8-16)11-23-12-15(10-21-23)22-19(24)17-9-14(20)6-7-18(17)26-2/h3-10,12H,11H2,1-2H3,(H,22,24). The average molecular weight is 372 g/mol. The summed E-state index contributed by atoms with van der Waals surface area (Å²) in [6.45, 7) is 0.563. The molecule has 0 aliphatic heterocycles. The summed E-state index contributed by atoms with van der Waals surface area (Å²) in [5, 5.41) is 7.54. The van der Waals surface area contributed by atoms with Crippen molar-refractivity contribution in [2.24, 2.45) is 0 Å². The quantitative estimate of drug-likeness (QED) is 0.714. The molecule has 26 heavy (non-hydrogen) atoms. The molecule has 0 saturated carbocycles. The van der Waals surface area contributed by atoms with E-state index in [1.165, 1.54) is 7.11 Å². The van der Waals surface area contributed by atoms with Crippen molar-refractivity contribution in [3.05, 3.63) is 71.0 Å². The Labute approximate surface area is 156 Å². The van der Waals surface area contributed by atoms with Crippen LogP contribution in [0.2, 0.25) is 5.02 Å². The lowest BCUT2D eigenvalue weighted by molar-refractivity contribution is 0.102. The number of halogens is 1. The number of ether oxygens (including phenoxy) is 2. The summed E-state index contributed by atoms with van der Waals surface area (Å²) >= 11 is 5.98. The fraction of sp³-hybridized carbons (Fsp3) is 0.158. The molecule has 1 aromatic heterocycles. The van der Waals surface area contributed by atoms with Gasteiger partial charge in [0.1, 0.15) is 11.5 Å². The van der Waals surface area contributed by atoms with Crippen LogP contribution >= 0.6 is 11.6 Å². The number of benzene rings is 2. The molecule has 3 aromatic rings. The van der Waals surface area contributed by atoms with Crippen LogP contribution in [0.1, 0.15) is 15.9 Å². The Hall–Kier alpha value is -2.99. The predicted molar refractivity (Wildman–Crippen MR) is 100 cm³/mol. The first-order chi connectivity index (χ1) is 12.6. The van der Waals surface area contributed by atoms with Crippen LogP contribution in [0, 0.1) is 0 Å². The maximum absolute atomic E-state index is 12.5. The van der Waals surface area contributed by atoms with Crippen molar-refractivity contribution < 1.29 is 14.3 Å². The highest BCUT2D eigenvalue weighted by atomic mass is 35.5. The molecule has 0 spiro atoms. The van der Waals surface area contributed by atoms with Gasteiger partial charge in [0.15, 0.2) is 0 Å². The second-order valence-corrected chi connectivity index (χ2v) is 6.01. The van der Waals surface area contributed by atoms with E-state index in [1.807, 2.05) is 24.3 Å². The number of methoxy groups -OCH3 is 2. The molecule has 2 aromatic carbocycles. The summed E-state index contributed by atoms with van der Waals surface area (Å²) in [5.41, 5.74) is 1.99. The number of nitrogens with one attached hydrogen (secondary N) is 1. The summed E-state index contributed by atoms with van der Waals surface area (Å²) in [7, 11) is 3.14. The first-order valence-electron chi connectivity index (χ1n) is 7.89. The fourth-order valence-electron chi connectivity index (χ4n) is 2.53. The van der Waals surface area contributed by atoms with Gasteiger partial charge in [-0.3, -0.25) is 9.48 Å². The van der Waals surface area contributed by atoms with E-state index in [0.29, 0.717) is 28.6 Å². The lowest BCUT2D eigenvalue weighted by atomic mass is 10.2. The minimum atomic E-state index is -0.315. The topological polar surface area (TPSA) is 65.4 Å². The van der Waals surface area contributed by atoms with Crippen molar-refractivity contribution in [1.29, 1.82) is 0 Å². The van der Waals surface area contributed by atoms with Gasteiger partial charge >= 0.3 is 0 Å². The molecule has 7 heteroatoms. The molecule has 3 rings (SSSR count). The molecule has 1 amide bonds. The summed E-state index contributed by atoms with van der Waals surface area (Å²) in [4.78, 5) is 12.5. The molecule has 1 N–H and O–H groups in total. The monoisotopic (exact) mass is 371 g/mol. The number of hydrogen-bond donors (Lipinski definition) is 1. The zero-order valence-corrected chi connectivity index (χ0v) is 15.2. The molecule has 0 fully saturated rings. The van der Waals surface area contributed by atoms with Crippen LogP contribution in [0.25, 0.3) is 0 Å². The minimum Gasteiger partial charge on any atom is -0.497 e. The number of anilines is 1. The van der Waals surface area contributed by atoms with Crippen LogP contribution in [-0.2, 0) is 6.54 Å². The van der Waals surface area contributed by atoms with Crippen molar-refractivity contribution >= 4 is 23.2 Å². The highest BCUT2D eigenvalue weighted by molar-refractivity contribution is 6.31. The van der Waals surface area contributed by atoms with Crippen molar-refractivity contribution in [2.75, 3.05) is 19.5 Å². The minimum absolute atomic E-state index is 0.315. The van der Waals surface area contributed by atoms with E-state index in [-0.39, 0.29) is 5.91 Å². The number of aromatic nitrogens is 2. The van der Waals surface area contributed by atoms with Gasteiger partial charge in [-0.2, -0.15) is 5.10 Å². The van der Waals surface area contributed by atoms with Crippen molar-refractivity contribution in [2.45, 2.75) is 6.54 Å². The van der Waals surface area contributed by atoms with Crippen molar-refractivity contribution in [3.8, 4) is 11.5 Å². The third-order valence-corrected chi connectivity index (χ3v) is 4.01. The fourth-order valence-corrected chi connectivity index (χ4v) is 2.70. The van der Waals surface area contributed by atoms with Gasteiger partial charge in [-0.1, -0.05) is 23.7 Å². The molecule has 0 bridgehead atoms. The Balaban J connectivity index is 1.72. The molecular weight excluding hydrogens is 354 g/mol. The second kappa shape index (κ2) is 7.93. The molecular formula is C19H18ClN3O3. The Morgan fingerprint density at radius 3 is 2.81 bits per heavy atom. The van der Waals surface area contributed by atoms with Gasteiger partial charge in [-0.15, -0.1) is 0 Å². The highest BCUT2D eigenvalue weighted by Gasteiger charge is 2.14. The summed E-state index contributed by atoms with van der Waals surface area (Å²) < 4.78 is 12.2. The molecule has 0 saturated heterocycles. The summed E-state index contributed by atoms with van der Waals surface area (Å²) in [6.07, 6.45) is 3.35. The second-order valence-electron chi connectivity index (χ2n) is 5.58. The smallest absolute Gasteiger partial charge is 0.259 e. The first-order valence-corrected chi connectivity index (χ1v) is 8.27. The molecule has 0 unspecified atom stereocenters. The Morgan fingerprint density at radius 1 is 1.19 bits per heavy atom. The van der Waals surface area contributed by atoms with Gasteiger partial charge in [0.05, 0.1) is 38.2 Å². The zero-order valence-electron chi connectivity index (χ0n) is 14.4. The highest BCUT2D eigenvalue weighted by Crippen LogP contribution is 2.23. The zero-order chi connectivity index (χ0) is 18.5. The van der Waals surface area contributed by atoms with Crippen LogP contribution < -0.4 is 14.8 Å². The summed E-state index contributed by atoms with van der Waals surface area (Å²) in [6, 6.07) is 12.6. The maximum Gasteiger partial charge on any atom is 0.259 e. The number of hydrogen-bond acceptors (Lipinski definition) is 4. The van der Waals surface area contributed by atoms with E-state index in [0.717, 1.165) is 11.3 Å². The van der Waals surface area contributed by atoms with Crippen LogP contribution in [0.3, 0.4) is 0 Å². The van der Waals surface area contributed by atoms with E-state index in [2.05, 4.69) is 10.4 Å². The molecule has 0 radical (unpaired) electrons. The van der Waals surface area contributed by atoms with E-state index >= 15 is 0 Å². The third kappa shape index (κ3) is 4.15. The number of amides is 1. The number of nitrogens with zero attached hydrogens (tertiary/aromatic N) is 2. The Bertz CT molecular complexity index is 924. The molecule has 0 atom stereocenters. The Morgan fingerprint density at radius 2 is 2.04 bits per heavy atom. The van der Waals surface area contributed by atoms with Crippen molar-refractivity contribution in [3.63, 3.8) is 0 Å². The number of carbonyl (C=O) groups excluding carboxylic acids is 1. The lowest BCUT2D eigenvalue weighted by Gasteiger charge is -2.08. The molecule has 1 heterocycles. The number of rotatable bonds is 6. The van der Waals surface area contributed by atoms with Crippen LogP contribution in [0.4, 0.5) is 5.69 Å². The average Bonchev–Trinajstić information content (AvgIpc) is 3.08. The van der Waals surface area contributed by atoms with Gasteiger partial charge in [0, 0.05) is 11.2 Å². The molecule has 6 nitrogen and oxygen atoms in total. The normalized spacial score (nSPS) is 10.4. The van der Waals surface area contributed by atoms with Gasteiger partial charge < -0.3 is 14.8 Å². The number of carbonyl (C=O) groups is 1. The van der Waals surface area contributed by atoms with E-state index in [9.17, 15) is 4.79 Å². The van der Waals surface area contributed by atoms with Gasteiger partial charge in [0.2, 0.25) is 0 Å². The largest absolute Gasteiger partial charge is 0.497 e. The molecule has 0 aliphatic rings. The van der Waals surface area contributed by atoms with Crippen LogP contribution in [0.15, 0.2) is 54.9 Å². The van der Waals surface area contributed by atoms with Crippen LogP contribution in [-0.4, -0.2) is 29.9 Å². The first kappa shape index (κ1) is 17.8. The predicted octanol–water partition coefficient (Wildman–Crippen LogP) is 3.85. The third-order valence-electron chi connectivity index (χ3n) is 3.78. The summed E-state index contributed by atoms with van der Waals surface area (Å²) in [5.74, 6) is 0.928. The van der Waals surface area contributed by atoms with Crippen LogP contribution in [0.5, 0.6) is 11.5 Å². The van der Waals surface area contributed by atoms with Gasteiger partial charge in [0.25, 0.3) is 5.91 Å². The van der Waals surface area contributed by atoms with E-state index < -0.39 is 0 Å². The molecule has 0 aliphatic carbocycles. The van der Waals surface area contributed by atoms with Crippen molar-refractivity contribution in [1.82, 2.24) is 9.78 Å².